The van der Waals surface area contributed by atoms with Crippen molar-refractivity contribution in [1.29, 1.82) is 0 Å². The van der Waals surface area contributed by atoms with Crippen LogP contribution in [0.1, 0.15) is 41.3 Å². The summed E-state index contributed by atoms with van der Waals surface area (Å²) in [6.45, 7) is 4.05. The van der Waals surface area contributed by atoms with Gasteiger partial charge in [0.2, 0.25) is 0 Å². The van der Waals surface area contributed by atoms with Crippen molar-refractivity contribution in [3.63, 3.8) is 0 Å². The molecule has 25 heavy (non-hydrogen) atoms. The number of rotatable bonds is 5. The van der Waals surface area contributed by atoms with Gasteiger partial charge in [0.05, 0.1) is 5.57 Å². The fraction of sp³-hybridized carbons (Fsp3) is 0.238. The van der Waals surface area contributed by atoms with Gasteiger partial charge in [0.1, 0.15) is 12.4 Å². The Kier molecular flexibility index (Phi) is 4.98. The number of carbonyl (C=O) groups excluding carboxylic acids is 2. The molecule has 0 fully saturated rings. The Hall–Kier alpha value is -2.88. The van der Waals surface area contributed by atoms with Gasteiger partial charge < -0.3 is 9.47 Å². The summed E-state index contributed by atoms with van der Waals surface area (Å²) in [5, 5.41) is 0. The average Bonchev–Trinajstić information content (AvgIpc) is 2.65. The van der Waals surface area contributed by atoms with Gasteiger partial charge in [-0.05, 0) is 23.6 Å². The minimum atomic E-state index is -0.526. The van der Waals surface area contributed by atoms with Crippen LogP contribution in [0.25, 0.3) is 6.08 Å². The molecule has 0 bridgehead atoms. The highest BCUT2D eigenvalue weighted by Gasteiger charge is 2.19. The number of carbonyl (C=O) groups is 2. The predicted octanol–water partition coefficient (Wildman–Crippen LogP) is 4.01. The van der Waals surface area contributed by atoms with Crippen molar-refractivity contribution in [2.75, 3.05) is 13.2 Å². The predicted molar refractivity (Wildman–Crippen MR) is 95.7 cm³/mol. The summed E-state index contributed by atoms with van der Waals surface area (Å²) in [6.07, 6.45) is 1.74. The fourth-order valence-electron chi connectivity index (χ4n) is 2.59. The zero-order chi connectivity index (χ0) is 17.8. The second kappa shape index (κ2) is 7.34. The van der Waals surface area contributed by atoms with Gasteiger partial charge in [-0.15, -0.1) is 0 Å². The molecule has 0 aromatic heterocycles. The third kappa shape index (κ3) is 3.97. The van der Waals surface area contributed by atoms with E-state index in [1.165, 1.54) is 0 Å². The van der Waals surface area contributed by atoms with Gasteiger partial charge in [-0.1, -0.05) is 56.3 Å². The van der Waals surface area contributed by atoms with Crippen LogP contribution in [-0.4, -0.2) is 25.0 Å². The van der Waals surface area contributed by atoms with E-state index >= 15 is 0 Å². The lowest BCUT2D eigenvalue weighted by atomic mass is 10.0. The smallest absolute Gasteiger partial charge is 0.337 e. The average molecular weight is 336 g/mol. The second-order valence-corrected chi connectivity index (χ2v) is 6.27. The SMILES string of the molecule is CC(C)c1ccc(C(=O)COC(=O)C2=Cc3ccccc3OC2)cc1. The molecule has 2 aromatic rings. The number of hydrogen-bond acceptors (Lipinski definition) is 4. The molecule has 0 aliphatic carbocycles. The van der Waals surface area contributed by atoms with Crippen LogP contribution in [0.4, 0.5) is 0 Å². The van der Waals surface area contributed by atoms with E-state index in [1.54, 1.807) is 18.2 Å². The maximum absolute atomic E-state index is 12.2. The molecule has 1 heterocycles. The first-order valence-corrected chi connectivity index (χ1v) is 8.27. The van der Waals surface area contributed by atoms with E-state index < -0.39 is 5.97 Å². The molecule has 0 N–H and O–H groups in total. The number of benzene rings is 2. The molecule has 2 aromatic carbocycles. The van der Waals surface area contributed by atoms with Gasteiger partial charge in [0.15, 0.2) is 12.4 Å². The molecule has 0 saturated heterocycles. The molecular formula is C21H20O4. The van der Waals surface area contributed by atoms with Gasteiger partial charge in [-0.3, -0.25) is 4.79 Å². The van der Waals surface area contributed by atoms with Crippen molar-refractivity contribution < 1.29 is 19.1 Å². The zero-order valence-electron chi connectivity index (χ0n) is 14.3. The second-order valence-electron chi connectivity index (χ2n) is 6.27. The summed E-state index contributed by atoms with van der Waals surface area (Å²) in [5.41, 5.74) is 2.94. The van der Waals surface area contributed by atoms with Crippen molar-refractivity contribution in [2.45, 2.75) is 19.8 Å². The number of fused-ring (bicyclic) bond motifs is 1. The highest BCUT2D eigenvalue weighted by Crippen LogP contribution is 2.26. The molecule has 0 spiro atoms. The number of esters is 1. The van der Waals surface area contributed by atoms with Crippen LogP contribution in [0, 0.1) is 0 Å². The van der Waals surface area contributed by atoms with Crippen LogP contribution >= 0.6 is 0 Å². The first-order chi connectivity index (χ1) is 12.0. The Morgan fingerprint density at radius 1 is 1.08 bits per heavy atom. The lowest BCUT2D eigenvalue weighted by Crippen LogP contribution is -2.20. The number of ketones is 1. The standard InChI is InChI=1S/C21H20O4/c1-14(2)15-7-9-16(10-8-15)19(22)13-25-21(23)18-11-17-5-3-4-6-20(17)24-12-18/h3-11,14H,12-13H2,1-2H3. The Morgan fingerprint density at radius 3 is 2.52 bits per heavy atom. The Morgan fingerprint density at radius 2 is 1.80 bits per heavy atom. The highest BCUT2D eigenvalue weighted by molar-refractivity contribution is 6.00. The van der Waals surface area contributed by atoms with E-state index in [9.17, 15) is 9.59 Å². The zero-order valence-corrected chi connectivity index (χ0v) is 14.3. The maximum Gasteiger partial charge on any atom is 0.337 e. The highest BCUT2D eigenvalue weighted by atomic mass is 16.5. The molecule has 1 aliphatic rings. The van der Waals surface area contributed by atoms with Crippen molar-refractivity contribution in [2.24, 2.45) is 0 Å². The minimum Gasteiger partial charge on any atom is -0.488 e. The third-order valence-electron chi connectivity index (χ3n) is 4.13. The number of ether oxygens (including phenoxy) is 2. The van der Waals surface area contributed by atoms with Crippen LogP contribution < -0.4 is 4.74 Å². The van der Waals surface area contributed by atoms with E-state index in [4.69, 9.17) is 9.47 Å². The maximum atomic E-state index is 12.2. The fourth-order valence-corrected chi connectivity index (χ4v) is 2.59. The van der Waals surface area contributed by atoms with E-state index in [2.05, 4.69) is 13.8 Å². The van der Waals surface area contributed by atoms with Crippen molar-refractivity contribution in [3.8, 4) is 5.75 Å². The van der Waals surface area contributed by atoms with Gasteiger partial charge in [-0.25, -0.2) is 4.79 Å². The van der Waals surface area contributed by atoms with Gasteiger partial charge in [0.25, 0.3) is 0 Å². The van der Waals surface area contributed by atoms with E-state index in [0.717, 1.165) is 16.9 Å². The summed E-state index contributed by atoms with van der Waals surface area (Å²) in [5.74, 6) is 0.395. The number of hydrogen-bond donors (Lipinski definition) is 0. The van der Waals surface area contributed by atoms with Crippen LogP contribution in [0.5, 0.6) is 5.75 Å². The normalized spacial score (nSPS) is 12.8. The molecule has 3 rings (SSSR count). The minimum absolute atomic E-state index is 0.146. The largest absolute Gasteiger partial charge is 0.488 e. The van der Waals surface area contributed by atoms with Crippen LogP contribution in [0.15, 0.2) is 54.1 Å². The van der Waals surface area contributed by atoms with Gasteiger partial charge in [0, 0.05) is 11.1 Å². The van der Waals surface area contributed by atoms with E-state index in [-0.39, 0.29) is 19.0 Å². The topological polar surface area (TPSA) is 52.6 Å². The third-order valence-corrected chi connectivity index (χ3v) is 4.13. The molecular weight excluding hydrogens is 316 g/mol. The summed E-state index contributed by atoms with van der Waals surface area (Å²) < 4.78 is 10.7. The molecule has 0 atom stereocenters. The molecule has 128 valence electrons. The van der Waals surface area contributed by atoms with Crippen LogP contribution in [0.2, 0.25) is 0 Å². The Bertz CT molecular complexity index is 816. The molecule has 0 radical (unpaired) electrons. The summed E-state index contributed by atoms with van der Waals surface area (Å²) in [6, 6.07) is 14.8. The molecule has 4 heteroatoms. The van der Waals surface area contributed by atoms with E-state index in [0.29, 0.717) is 17.1 Å². The number of Topliss-reactive ketones (excluding diaryl/α,β-unsaturated/α-hetero) is 1. The summed E-state index contributed by atoms with van der Waals surface area (Å²) in [7, 11) is 0. The van der Waals surface area contributed by atoms with Crippen molar-refractivity contribution in [3.05, 3.63) is 70.8 Å². The van der Waals surface area contributed by atoms with Gasteiger partial charge >= 0.3 is 5.97 Å². The lowest BCUT2D eigenvalue weighted by Gasteiger charge is -2.16. The Balaban J connectivity index is 1.61. The summed E-state index contributed by atoms with van der Waals surface area (Å²) >= 11 is 0. The monoisotopic (exact) mass is 336 g/mol. The first kappa shape index (κ1) is 17.0. The molecule has 4 nitrogen and oxygen atoms in total. The van der Waals surface area contributed by atoms with E-state index in [1.807, 2.05) is 36.4 Å². The molecule has 0 unspecified atom stereocenters. The van der Waals surface area contributed by atoms with Crippen LogP contribution in [0.3, 0.4) is 0 Å². The molecule has 0 saturated carbocycles. The molecule has 0 amide bonds. The molecule has 1 aliphatic heterocycles. The van der Waals surface area contributed by atoms with Crippen molar-refractivity contribution >= 4 is 17.8 Å². The first-order valence-electron chi connectivity index (χ1n) is 8.27. The summed E-state index contributed by atoms with van der Waals surface area (Å²) in [4.78, 5) is 24.3. The van der Waals surface area contributed by atoms with Crippen molar-refractivity contribution in [1.82, 2.24) is 0 Å². The quantitative estimate of drug-likeness (QED) is 0.611. The Labute approximate surface area is 147 Å². The van der Waals surface area contributed by atoms with Crippen LogP contribution in [-0.2, 0) is 9.53 Å². The number of para-hydroxylation sites is 1. The van der Waals surface area contributed by atoms with Gasteiger partial charge in [-0.2, -0.15) is 0 Å². The lowest BCUT2D eigenvalue weighted by molar-refractivity contribution is -0.138.